The number of hydrogen-bond donors (Lipinski definition) is 0. The van der Waals surface area contributed by atoms with Gasteiger partial charge in [-0.25, -0.2) is 0 Å². The molecule has 0 aliphatic carbocycles. The minimum absolute atomic E-state index is 0.0000926. The summed E-state index contributed by atoms with van der Waals surface area (Å²) >= 11 is 0. The van der Waals surface area contributed by atoms with E-state index in [9.17, 15) is 35.0 Å². The monoisotopic (exact) mass is 262 g/mol. The molecule has 0 saturated heterocycles. The van der Waals surface area contributed by atoms with Crippen molar-refractivity contribution in [2.45, 2.75) is 12.4 Å². The molecular formula is C8H3BF8. The zero-order valence-electron chi connectivity index (χ0n) is 7.83. The molecule has 1 rings (SSSR count). The Labute approximate surface area is 90.4 Å². The summed E-state index contributed by atoms with van der Waals surface area (Å²) < 4.78 is 97.5. The largest absolute Gasteiger partial charge is 0.572 e. The topological polar surface area (TPSA) is 0 Å². The Kier molecular flexibility index (Phi) is 3.40. The van der Waals surface area contributed by atoms with Crippen LogP contribution < -0.4 is 5.46 Å². The van der Waals surface area contributed by atoms with Crippen LogP contribution in [-0.2, 0) is 12.4 Å². The van der Waals surface area contributed by atoms with Gasteiger partial charge in [-0.05, 0) is 23.7 Å². The highest BCUT2D eigenvalue weighted by molar-refractivity contribution is 6.60. The lowest BCUT2D eigenvalue weighted by molar-refractivity contribution is -0.142. The Bertz CT molecular complexity index is 373. The van der Waals surface area contributed by atoms with E-state index >= 15 is 0 Å². The van der Waals surface area contributed by atoms with Gasteiger partial charge in [-0.3, -0.25) is 8.63 Å². The molecule has 1 aromatic carbocycles. The van der Waals surface area contributed by atoms with E-state index in [1.54, 1.807) is 0 Å². The Morgan fingerprint density at radius 1 is 0.706 bits per heavy atom. The first kappa shape index (κ1) is 13.8. The third-order valence-corrected chi connectivity index (χ3v) is 1.86. The van der Waals surface area contributed by atoms with Crippen molar-refractivity contribution >= 4 is 12.7 Å². The van der Waals surface area contributed by atoms with Crippen molar-refractivity contribution in [1.29, 1.82) is 0 Å². The maximum absolute atomic E-state index is 12.2. The molecule has 0 saturated carbocycles. The van der Waals surface area contributed by atoms with Crippen LogP contribution in [0.15, 0.2) is 18.2 Å². The molecule has 0 fully saturated rings. The highest BCUT2D eigenvalue weighted by Crippen LogP contribution is 2.34. The fraction of sp³-hybridized carbons (Fsp3) is 0.250. The summed E-state index contributed by atoms with van der Waals surface area (Å²) in [6, 6.07) is -0.203. The van der Waals surface area contributed by atoms with E-state index in [4.69, 9.17) is 0 Å². The first-order valence-corrected chi connectivity index (χ1v) is 4.09. The lowest BCUT2D eigenvalue weighted by atomic mass is 9.83. The number of benzene rings is 1. The Morgan fingerprint density at radius 2 is 1.06 bits per heavy atom. The molecule has 0 atom stereocenters. The molecule has 17 heavy (non-hydrogen) atoms. The van der Waals surface area contributed by atoms with Gasteiger partial charge in [0.05, 0.1) is 11.1 Å². The van der Waals surface area contributed by atoms with Crippen molar-refractivity contribution < 1.29 is 35.0 Å². The zero-order chi connectivity index (χ0) is 13.4. The summed E-state index contributed by atoms with van der Waals surface area (Å²) in [6.07, 6.45) is -10.2. The SMILES string of the molecule is FB(F)c1cc(C(F)(F)F)cc(C(F)(F)F)c1. The number of halogens is 8. The van der Waals surface area contributed by atoms with Crippen molar-refractivity contribution in [2.24, 2.45) is 0 Å². The Morgan fingerprint density at radius 3 is 1.29 bits per heavy atom. The Balaban J connectivity index is 3.40. The lowest BCUT2D eigenvalue weighted by Gasteiger charge is -2.13. The van der Waals surface area contributed by atoms with Crippen molar-refractivity contribution in [3.8, 4) is 0 Å². The molecule has 0 N–H and O–H groups in total. The third kappa shape index (κ3) is 3.34. The van der Waals surface area contributed by atoms with Crippen LogP contribution in [0.2, 0.25) is 0 Å². The molecule has 94 valence electrons. The standard InChI is InChI=1S/C8H3BF8/c10-7(11,12)4-1-5(8(13,14)15)3-6(2-4)9(16)17/h1-3H. The molecule has 0 unspecified atom stereocenters. The van der Waals surface area contributed by atoms with Gasteiger partial charge in [0.15, 0.2) is 0 Å². The summed E-state index contributed by atoms with van der Waals surface area (Å²) in [6.45, 7) is 0. The van der Waals surface area contributed by atoms with Gasteiger partial charge >= 0.3 is 19.6 Å². The number of hydrogen-bond acceptors (Lipinski definition) is 0. The van der Waals surface area contributed by atoms with Crippen LogP contribution >= 0.6 is 0 Å². The summed E-state index contributed by atoms with van der Waals surface area (Å²) in [5, 5.41) is 0. The van der Waals surface area contributed by atoms with Crippen molar-refractivity contribution in [3.05, 3.63) is 29.3 Å². The molecule has 0 nitrogen and oxygen atoms in total. The van der Waals surface area contributed by atoms with Gasteiger partial charge in [0.25, 0.3) is 0 Å². The average molecular weight is 262 g/mol. The van der Waals surface area contributed by atoms with Crippen LogP contribution in [0.1, 0.15) is 11.1 Å². The lowest BCUT2D eigenvalue weighted by Crippen LogP contribution is -2.25. The second-order valence-corrected chi connectivity index (χ2v) is 3.14. The maximum atomic E-state index is 12.2. The first-order chi connectivity index (χ1) is 7.51. The minimum Gasteiger partial charge on any atom is -0.281 e. The fourth-order valence-corrected chi connectivity index (χ4v) is 1.10. The van der Waals surface area contributed by atoms with Gasteiger partial charge < -0.3 is 0 Å². The predicted octanol–water partition coefficient (Wildman–Crippen LogP) is 3.36. The highest BCUT2D eigenvalue weighted by atomic mass is 19.4. The van der Waals surface area contributed by atoms with E-state index < -0.39 is 36.2 Å². The van der Waals surface area contributed by atoms with Gasteiger partial charge in [0, 0.05) is 0 Å². The van der Waals surface area contributed by atoms with E-state index in [1.807, 2.05) is 0 Å². The van der Waals surface area contributed by atoms with Gasteiger partial charge in [0.1, 0.15) is 0 Å². The summed E-state index contributed by atoms with van der Waals surface area (Å²) in [5.74, 6) is 0. The van der Waals surface area contributed by atoms with Gasteiger partial charge in [-0.15, -0.1) is 0 Å². The Hall–Kier alpha value is -1.28. The van der Waals surface area contributed by atoms with Crippen LogP contribution in [0.4, 0.5) is 35.0 Å². The average Bonchev–Trinajstić information content (AvgIpc) is 2.14. The summed E-state index contributed by atoms with van der Waals surface area (Å²) in [7, 11) is -3.40. The molecular weight excluding hydrogens is 259 g/mol. The molecule has 0 amide bonds. The van der Waals surface area contributed by atoms with Crippen molar-refractivity contribution in [3.63, 3.8) is 0 Å². The molecule has 0 radical (unpaired) electrons. The molecule has 1 aromatic rings. The molecule has 0 aliphatic heterocycles. The van der Waals surface area contributed by atoms with Crippen LogP contribution in [0.3, 0.4) is 0 Å². The van der Waals surface area contributed by atoms with E-state index in [1.165, 1.54) is 0 Å². The van der Waals surface area contributed by atoms with E-state index in [-0.39, 0.29) is 18.2 Å². The molecule has 0 aromatic heterocycles. The first-order valence-electron chi connectivity index (χ1n) is 4.09. The molecule has 9 heteroatoms. The van der Waals surface area contributed by atoms with Crippen LogP contribution in [-0.4, -0.2) is 7.27 Å². The van der Waals surface area contributed by atoms with Crippen molar-refractivity contribution in [2.75, 3.05) is 0 Å². The smallest absolute Gasteiger partial charge is 0.281 e. The summed E-state index contributed by atoms with van der Waals surface area (Å²) in [5.41, 5.74) is -4.81. The van der Waals surface area contributed by atoms with E-state index in [2.05, 4.69) is 0 Å². The van der Waals surface area contributed by atoms with Crippen LogP contribution in [0, 0.1) is 0 Å². The van der Waals surface area contributed by atoms with E-state index in [0.717, 1.165) is 0 Å². The van der Waals surface area contributed by atoms with Gasteiger partial charge in [-0.1, -0.05) is 0 Å². The van der Waals surface area contributed by atoms with Crippen molar-refractivity contribution in [1.82, 2.24) is 0 Å². The second kappa shape index (κ2) is 4.19. The highest BCUT2D eigenvalue weighted by Gasteiger charge is 2.38. The van der Waals surface area contributed by atoms with Gasteiger partial charge in [0.2, 0.25) is 0 Å². The normalized spacial score (nSPS) is 12.7. The minimum atomic E-state index is -5.11. The predicted molar refractivity (Wildman–Crippen MR) is 44.1 cm³/mol. The van der Waals surface area contributed by atoms with Crippen LogP contribution in [0.25, 0.3) is 0 Å². The van der Waals surface area contributed by atoms with Crippen LogP contribution in [0.5, 0.6) is 0 Å². The van der Waals surface area contributed by atoms with E-state index in [0.29, 0.717) is 0 Å². The molecule has 0 bridgehead atoms. The maximum Gasteiger partial charge on any atom is 0.572 e. The fourth-order valence-electron chi connectivity index (χ4n) is 1.10. The molecule has 0 aliphatic rings. The second-order valence-electron chi connectivity index (χ2n) is 3.14. The molecule has 0 spiro atoms. The zero-order valence-corrected chi connectivity index (χ0v) is 7.83. The third-order valence-electron chi connectivity index (χ3n) is 1.86. The quantitative estimate of drug-likeness (QED) is 0.537. The summed E-state index contributed by atoms with van der Waals surface area (Å²) in [4.78, 5) is 0. The molecule has 0 heterocycles. The number of rotatable bonds is 1. The number of alkyl halides is 6. The van der Waals surface area contributed by atoms with Gasteiger partial charge in [-0.2, -0.15) is 26.3 Å².